The van der Waals surface area contributed by atoms with Gasteiger partial charge in [0.05, 0.1) is 11.0 Å². The van der Waals surface area contributed by atoms with Crippen molar-refractivity contribution in [3.8, 4) is 0 Å². The molecule has 3 rings (SSSR count). The highest BCUT2D eigenvalue weighted by molar-refractivity contribution is 7.12. The molecular formula is C16H19N3S. The fourth-order valence-corrected chi connectivity index (χ4v) is 3.46. The standard InChI is InChI=1S/C16H19N3S/c1-3-19-14-7-5-4-6-13(14)18-16(19)10-12(17)15-9-8-11(2)20-15/h4-9,12H,3,10,17H2,1-2H3. The van der Waals surface area contributed by atoms with E-state index in [4.69, 9.17) is 10.7 Å². The van der Waals surface area contributed by atoms with Crippen LogP contribution in [0.15, 0.2) is 36.4 Å². The summed E-state index contributed by atoms with van der Waals surface area (Å²) < 4.78 is 2.26. The Hall–Kier alpha value is -1.65. The van der Waals surface area contributed by atoms with Crippen molar-refractivity contribution in [3.63, 3.8) is 0 Å². The van der Waals surface area contributed by atoms with E-state index in [1.54, 1.807) is 11.3 Å². The topological polar surface area (TPSA) is 43.8 Å². The number of para-hydroxylation sites is 2. The third-order valence-corrected chi connectivity index (χ3v) is 4.71. The van der Waals surface area contributed by atoms with Crippen LogP contribution in [0.5, 0.6) is 0 Å². The van der Waals surface area contributed by atoms with E-state index in [1.165, 1.54) is 15.3 Å². The largest absolute Gasteiger partial charge is 0.328 e. The molecule has 0 amide bonds. The molecule has 1 unspecified atom stereocenters. The van der Waals surface area contributed by atoms with Crippen molar-refractivity contribution in [2.45, 2.75) is 32.9 Å². The van der Waals surface area contributed by atoms with Crippen molar-refractivity contribution in [1.82, 2.24) is 9.55 Å². The molecule has 104 valence electrons. The van der Waals surface area contributed by atoms with E-state index in [0.29, 0.717) is 0 Å². The predicted octanol–water partition coefficient (Wildman–Crippen LogP) is 3.67. The Bertz CT molecular complexity index is 726. The molecule has 0 aliphatic heterocycles. The molecule has 3 nitrogen and oxygen atoms in total. The summed E-state index contributed by atoms with van der Waals surface area (Å²) in [6, 6.07) is 12.6. The van der Waals surface area contributed by atoms with Crippen LogP contribution in [-0.4, -0.2) is 9.55 Å². The van der Waals surface area contributed by atoms with Crippen LogP contribution in [0.4, 0.5) is 0 Å². The Balaban J connectivity index is 1.94. The molecule has 2 N–H and O–H groups in total. The number of hydrogen-bond acceptors (Lipinski definition) is 3. The number of fused-ring (bicyclic) bond motifs is 1. The molecule has 2 heterocycles. The Morgan fingerprint density at radius 3 is 2.75 bits per heavy atom. The first-order valence-corrected chi connectivity index (χ1v) is 7.76. The van der Waals surface area contributed by atoms with E-state index >= 15 is 0 Å². The zero-order chi connectivity index (χ0) is 14.1. The maximum atomic E-state index is 6.34. The van der Waals surface area contributed by atoms with Gasteiger partial charge in [0.25, 0.3) is 0 Å². The van der Waals surface area contributed by atoms with Crippen LogP contribution < -0.4 is 5.73 Å². The summed E-state index contributed by atoms with van der Waals surface area (Å²) in [7, 11) is 0. The molecular weight excluding hydrogens is 266 g/mol. The van der Waals surface area contributed by atoms with Crippen LogP contribution in [0, 0.1) is 6.92 Å². The fraction of sp³-hybridized carbons (Fsp3) is 0.312. The second kappa shape index (κ2) is 5.38. The number of rotatable bonds is 4. The molecule has 0 radical (unpaired) electrons. The van der Waals surface area contributed by atoms with Gasteiger partial charge in [-0.05, 0) is 38.1 Å². The van der Waals surface area contributed by atoms with Gasteiger partial charge in [-0.1, -0.05) is 12.1 Å². The molecule has 3 aromatic rings. The average molecular weight is 285 g/mol. The smallest absolute Gasteiger partial charge is 0.111 e. The van der Waals surface area contributed by atoms with Gasteiger partial charge < -0.3 is 10.3 Å². The van der Waals surface area contributed by atoms with Crippen molar-refractivity contribution in [1.29, 1.82) is 0 Å². The van der Waals surface area contributed by atoms with Gasteiger partial charge >= 0.3 is 0 Å². The highest BCUT2D eigenvalue weighted by Crippen LogP contribution is 2.25. The number of nitrogens with two attached hydrogens (primary N) is 1. The molecule has 0 bridgehead atoms. The number of aromatic nitrogens is 2. The quantitative estimate of drug-likeness (QED) is 0.795. The first-order valence-electron chi connectivity index (χ1n) is 6.95. The number of nitrogens with zero attached hydrogens (tertiary/aromatic N) is 2. The minimum atomic E-state index is 0.0239. The van der Waals surface area contributed by atoms with Gasteiger partial charge in [-0.2, -0.15) is 0 Å². The van der Waals surface area contributed by atoms with E-state index in [0.717, 1.165) is 24.3 Å². The minimum absolute atomic E-state index is 0.0239. The van der Waals surface area contributed by atoms with Gasteiger partial charge in [-0.25, -0.2) is 4.98 Å². The Morgan fingerprint density at radius 2 is 2.05 bits per heavy atom. The third kappa shape index (κ3) is 2.37. The molecule has 4 heteroatoms. The van der Waals surface area contributed by atoms with Crippen molar-refractivity contribution < 1.29 is 0 Å². The third-order valence-electron chi connectivity index (χ3n) is 3.58. The van der Waals surface area contributed by atoms with Crippen LogP contribution in [0.2, 0.25) is 0 Å². The first kappa shape index (κ1) is 13.3. The number of thiophene rings is 1. The summed E-state index contributed by atoms with van der Waals surface area (Å²) in [4.78, 5) is 7.28. The summed E-state index contributed by atoms with van der Waals surface area (Å²) in [6.07, 6.45) is 0.780. The molecule has 1 atom stereocenters. The number of imidazole rings is 1. The lowest BCUT2D eigenvalue weighted by atomic mass is 10.2. The maximum absolute atomic E-state index is 6.34. The van der Waals surface area contributed by atoms with Crippen LogP contribution in [0.1, 0.15) is 28.5 Å². The van der Waals surface area contributed by atoms with Crippen LogP contribution in [-0.2, 0) is 13.0 Å². The second-order valence-electron chi connectivity index (χ2n) is 5.02. The van der Waals surface area contributed by atoms with Gasteiger partial charge in [0.1, 0.15) is 5.82 Å². The molecule has 0 aliphatic rings. The van der Waals surface area contributed by atoms with E-state index in [-0.39, 0.29) is 6.04 Å². The average Bonchev–Trinajstić information content (AvgIpc) is 3.01. The zero-order valence-electron chi connectivity index (χ0n) is 11.8. The van der Waals surface area contributed by atoms with E-state index < -0.39 is 0 Å². The Morgan fingerprint density at radius 1 is 1.25 bits per heavy atom. The highest BCUT2D eigenvalue weighted by Gasteiger charge is 2.15. The van der Waals surface area contributed by atoms with Gasteiger partial charge in [0, 0.05) is 28.8 Å². The lowest BCUT2D eigenvalue weighted by molar-refractivity contribution is 0.644. The van der Waals surface area contributed by atoms with Crippen molar-refractivity contribution in [3.05, 3.63) is 52.0 Å². The maximum Gasteiger partial charge on any atom is 0.111 e. The highest BCUT2D eigenvalue weighted by atomic mass is 32.1. The molecule has 0 saturated carbocycles. The van der Waals surface area contributed by atoms with Crippen LogP contribution >= 0.6 is 11.3 Å². The fourth-order valence-electron chi connectivity index (χ4n) is 2.58. The lowest BCUT2D eigenvalue weighted by Gasteiger charge is -2.11. The Labute approximate surface area is 123 Å². The second-order valence-corrected chi connectivity index (χ2v) is 6.34. The van der Waals surface area contributed by atoms with Crippen molar-refractivity contribution in [2.75, 3.05) is 0 Å². The van der Waals surface area contributed by atoms with E-state index in [9.17, 15) is 0 Å². The molecule has 20 heavy (non-hydrogen) atoms. The number of benzene rings is 1. The summed E-state index contributed by atoms with van der Waals surface area (Å²) in [5.41, 5.74) is 8.59. The predicted molar refractivity (Wildman–Crippen MR) is 85.1 cm³/mol. The number of hydrogen-bond donors (Lipinski definition) is 1. The normalized spacial score (nSPS) is 12.9. The summed E-state index contributed by atoms with van der Waals surface area (Å²) >= 11 is 1.77. The SMILES string of the molecule is CCn1c(CC(N)c2ccc(C)s2)nc2ccccc21. The van der Waals surface area contributed by atoms with Gasteiger partial charge in [0.15, 0.2) is 0 Å². The molecule has 0 fully saturated rings. The monoisotopic (exact) mass is 285 g/mol. The molecule has 0 spiro atoms. The summed E-state index contributed by atoms with van der Waals surface area (Å²) in [5, 5.41) is 0. The lowest BCUT2D eigenvalue weighted by Crippen LogP contribution is -2.15. The summed E-state index contributed by atoms with van der Waals surface area (Å²) in [6.45, 7) is 5.19. The van der Waals surface area contributed by atoms with Gasteiger partial charge in [-0.15, -0.1) is 11.3 Å². The number of aryl methyl sites for hydroxylation is 2. The molecule has 1 aromatic carbocycles. The molecule has 2 aromatic heterocycles. The Kier molecular flexibility index (Phi) is 3.59. The van der Waals surface area contributed by atoms with E-state index in [1.807, 2.05) is 6.07 Å². The van der Waals surface area contributed by atoms with Crippen molar-refractivity contribution in [2.24, 2.45) is 5.73 Å². The zero-order valence-corrected chi connectivity index (χ0v) is 12.7. The minimum Gasteiger partial charge on any atom is -0.328 e. The van der Waals surface area contributed by atoms with Crippen molar-refractivity contribution >= 4 is 22.4 Å². The van der Waals surface area contributed by atoms with Gasteiger partial charge in [-0.3, -0.25) is 0 Å². The molecule has 0 aliphatic carbocycles. The summed E-state index contributed by atoms with van der Waals surface area (Å²) in [5.74, 6) is 1.08. The van der Waals surface area contributed by atoms with E-state index in [2.05, 4.69) is 48.7 Å². The molecule has 0 saturated heterocycles. The first-order chi connectivity index (χ1) is 9.69. The van der Waals surface area contributed by atoms with Crippen LogP contribution in [0.25, 0.3) is 11.0 Å². The van der Waals surface area contributed by atoms with Gasteiger partial charge in [0.2, 0.25) is 0 Å². The van der Waals surface area contributed by atoms with Crippen LogP contribution in [0.3, 0.4) is 0 Å².